The van der Waals surface area contributed by atoms with E-state index < -0.39 is 26.1 Å². The molecule has 0 bridgehead atoms. The van der Waals surface area contributed by atoms with Crippen molar-refractivity contribution in [1.29, 1.82) is 0 Å². The highest BCUT2D eigenvalue weighted by Gasteiger charge is 2.47. The zero-order valence-corrected chi connectivity index (χ0v) is 21.6. The van der Waals surface area contributed by atoms with Crippen molar-refractivity contribution in [1.82, 2.24) is 15.1 Å². The lowest BCUT2D eigenvalue weighted by Gasteiger charge is -2.38. The smallest absolute Gasteiger partial charge is 0.365 e. The fourth-order valence-electron chi connectivity index (χ4n) is 5.66. The average Bonchev–Trinajstić information content (AvgIpc) is 3.80. The zero-order valence-electron chi connectivity index (χ0n) is 20.8. The summed E-state index contributed by atoms with van der Waals surface area (Å²) in [4.78, 5) is 11.3. The van der Waals surface area contributed by atoms with Crippen LogP contribution in [0, 0.1) is 17.8 Å². The molecule has 6 N–H and O–H groups in total. The van der Waals surface area contributed by atoms with Crippen molar-refractivity contribution in [2.75, 3.05) is 11.9 Å². The van der Waals surface area contributed by atoms with Crippen molar-refractivity contribution in [3.05, 3.63) is 36.0 Å². The standard InChI is InChI=1S/C25H33F3N6O3S/c26-25(27,28)38(36,37)19-8-5-17(6-9-19)32-24-20(23(30)35)13-34(33-24)21-10-7-18(11-16(21)12-29)31-22(14-1-2-14)15-3-4-15/h5-6,8-9,13-16,18,21-22,31H,1-4,7,10-12,29H2,(H2,30,35)(H,32,33)/t16-,18+,21+/m1/s1. The first-order valence-corrected chi connectivity index (χ1v) is 14.5. The summed E-state index contributed by atoms with van der Waals surface area (Å²) in [5, 5.41) is 11.4. The van der Waals surface area contributed by atoms with Crippen molar-refractivity contribution in [3.8, 4) is 0 Å². The highest BCUT2D eigenvalue weighted by atomic mass is 32.2. The molecule has 1 aromatic heterocycles. The third kappa shape index (κ3) is 5.55. The molecule has 1 amide bonds. The highest BCUT2D eigenvalue weighted by molar-refractivity contribution is 7.92. The molecule has 5 rings (SSSR count). The number of rotatable bonds is 10. The number of carbonyl (C=O) groups is 1. The fraction of sp³-hybridized carbons (Fsp3) is 0.600. The molecule has 3 atom stereocenters. The summed E-state index contributed by atoms with van der Waals surface area (Å²) in [6, 6.07) is 5.01. The zero-order chi connectivity index (χ0) is 27.2. The van der Waals surface area contributed by atoms with Crippen molar-refractivity contribution < 1.29 is 26.4 Å². The Balaban J connectivity index is 1.30. The summed E-state index contributed by atoms with van der Waals surface area (Å²) in [5.41, 5.74) is 6.73. The van der Waals surface area contributed by atoms with Crippen LogP contribution in [0.25, 0.3) is 0 Å². The van der Waals surface area contributed by atoms with Crippen molar-refractivity contribution >= 4 is 27.2 Å². The number of halogens is 3. The van der Waals surface area contributed by atoms with Crippen LogP contribution >= 0.6 is 0 Å². The van der Waals surface area contributed by atoms with Crippen LogP contribution in [0.2, 0.25) is 0 Å². The predicted molar refractivity (Wildman–Crippen MR) is 135 cm³/mol. The fourth-order valence-corrected chi connectivity index (χ4v) is 6.42. The maximum atomic E-state index is 12.8. The number of amides is 1. The highest BCUT2D eigenvalue weighted by Crippen LogP contribution is 2.45. The number of sulfone groups is 1. The Kier molecular flexibility index (Phi) is 7.20. The van der Waals surface area contributed by atoms with Gasteiger partial charge in [0.25, 0.3) is 15.7 Å². The average molecular weight is 555 g/mol. The van der Waals surface area contributed by atoms with E-state index in [4.69, 9.17) is 11.5 Å². The number of aromatic nitrogens is 2. The van der Waals surface area contributed by atoms with Gasteiger partial charge in [0.2, 0.25) is 0 Å². The largest absolute Gasteiger partial charge is 0.501 e. The van der Waals surface area contributed by atoms with Crippen LogP contribution in [0.4, 0.5) is 24.7 Å². The SMILES string of the molecule is NC[C@H]1C[C@@H](NC(C2CC2)C2CC2)CC[C@@H]1n1cc(C(N)=O)c(Nc2ccc(S(=O)(=O)C(F)(F)F)cc2)n1. The lowest BCUT2D eigenvalue weighted by molar-refractivity contribution is -0.0436. The van der Waals surface area contributed by atoms with Gasteiger partial charge < -0.3 is 22.1 Å². The van der Waals surface area contributed by atoms with Crippen LogP contribution in [0.1, 0.15) is 61.3 Å². The monoisotopic (exact) mass is 554 g/mol. The van der Waals surface area contributed by atoms with Crippen LogP contribution in [0.15, 0.2) is 35.4 Å². The van der Waals surface area contributed by atoms with Gasteiger partial charge in [0.1, 0.15) is 5.56 Å². The number of nitrogens with two attached hydrogens (primary N) is 2. The Morgan fingerprint density at radius 2 is 1.71 bits per heavy atom. The predicted octanol–water partition coefficient (Wildman–Crippen LogP) is 3.47. The number of carbonyl (C=O) groups excluding carboxylic acids is 1. The Morgan fingerprint density at radius 3 is 2.24 bits per heavy atom. The van der Waals surface area contributed by atoms with E-state index in [9.17, 15) is 26.4 Å². The minimum Gasteiger partial charge on any atom is -0.365 e. The summed E-state index contributed by atoms with van der Waals surface area (Å²) < 4.78 is 63.4. The van der Waals surface area contributed by atoms with Crippen LogP contribution in [0.5, 0.6) is 0 Å². The first-order chi connectivity index (χ1) is 18.0. The molecule has 0 unspecified atom stereocenters. The van der Waals surface area contributed by atoms with Crippen molar-refractivity contribution in [2.24, 2.45) is 29.2 Å². The summed E-state index contributed by atoms with van der Waals surface area (Å²) >= 11 is 0. The summed E-state index contributed by atoms with van der Waals surface area (Å²) in [6.45, 7) is 0.462. The molecule has 1 aromatic carbocycles. The Hall–Kier alpha value is -2.64. The van der Waals surface area contributed by atoms with Gasteiger partial charge in [-0.2, -0.15) is 18.3 Å². The normalized spacial score (nSPS) is 24.5. The molecule has 0 aliphatic heterocycles. The molecule has 0 spiro atoms. The number of alkyl halides is 3. The van der Waals surface area contributed by atoms with Gasteiger partial charge in [-0.05, 0) is 93.5 Å². The lowest BCUT2D eigenvalue weighted by Crippen LogP contribution is -2.46. The van der Waals surface area contributed by atoms with Gasteiger partial charge in [0, 0.05) is 24.0 Å². The molecule has 3 aliphatic rings. The van der Waals surface area contributed by atoms with Gasteiger partial charge in [-0.15, -0.1) is 0 Å². The molecule has 9 nitrogen and oxygen atoms in total. The van der Waals surface area contributed by atoms with Gasteiger partial charge in [-0.25, -0.2) is 8.42 Å². The maximum absolute atomic E-state index is 12.8. The number of benzene rings is 1. The van der Waals surface area contributed by atoms with E-state index in [1.807, 2.05) is 0 Å². The summed E-state index contributed by atoms with van der Waals surface area (Å²) in [6.07, 6.45) is 9.50. The molecule has 0 radical (unpaired) electrons. The van der Waals surface area contributed by atoms with Crippen LogP contribution in [-0.2, 0) is 9.84 Å². The summed E-state index contributed by atoms with van der Waals surface area (Å²) in [7, 11) is -5.46. The van der Waals surface area contributed by atoms with E-state index in [1.165, 1.54) is 37.8 Å². The number of nitrogens with zero attached hydrogens (tertiary/aromatic N) is 2. The minimum absolute atomic E-state index is 0.0358. The van der Waals surface area contributed by atoms with Gasteiger partial charge in [-0.1, -0.05) is 0 Å². The second kappa shape index (κ2) is 10.2. The van der Waals surface area contributed by atoms with E-state index in [0.29, 0.717) is 18.6 Å². The second-order valence-electron chi connectivity index (χ2n) is 10.8. The Bertz CT molecular complexity index is 1260. The van der Waals surface area contributed by atoms with Crippen molar-refractivity contribution in [2.45, 2.75) is 73.5 Å². The van der Waals surface area contributed by atoms with Crippen LogP contribution in [-0.4, -0.2) is 48.2 Å². The van der Waals surface area contributed by atoms with E-state index in [1.54, 1.807) is 10.9 Å². The molecule has 0 saturated heterocycles. The van der Waals surface area contributed by atoms with Crippen LogP contribution in [0.3, 0.4) is 0 Å². The van der Waals surface area contributed by atoms with Crippen molar-refractivity contribution in [3.63, 3.8) is 0 Å². The van der Waals surface area contributed by atoms with E-state index in [2.05, 4.69) is 15.7 Å². The lowest BCUT2D eigenvalue weighted by atomic mass is 9.81. The molecular formula is C25H33F3N6O3S. The van der Waals surface area contributed by atoms with Crippen LogP contribution < -0.4 is 22.1 Å². The molecule has 13 heteroatoms. The minimum atomic E-state index is -5.46. The number of anilines is 2. The molecule has 38 heavy (non-hydrogen) atoms. The van der Waals surface area contributed by atoms with E-state index in [0.717, 1.165) is 43.2 Å². The second-order valence-corrected chi connectivity index (χ2v) is 12.7. The molecule has 2 aromatic rings. The Labute approximate surface area is 219 Å². The first kappa shape index (κ1) is 26.9. The molecule has 3 fully saturated rings. The first-order valence-electron chi connectivity index (χ1n) is 13.0. The third-order valence-corrected chi connectivity index (χ3v) is 9.50. The molecule has 3 aliphatic carbocycles. The molecular weight excluding hydrogens is 521 g/mol. The number of hydrogen-bond donors (Lipinski definition) is 4. The third-order valence-electron chi connectivity index (χ3n) is 8.00. The topological polar surface area (TPSA) is 145 Å². The van der Waals surface area contributed by atoms with Gasteiger partial charge >= 0.3 is 5.51 Å². The molecule has 208 valence electrons. The quantitative estimate of drug-likeness (QED) is 0.352. The Morgan fingerprint density at radius 1 is 1.08 bits per heavy atom. The molecule has 3 saturated carbocycles. The summed E-state index contributed by atoms with van der Waals surface area (Å²) in [5.74, 6) is 1.17. The number of hydrogen-bond acceptors (Lipinski definition) is 7. The maximum Gasteiger partial charge on any atom is 0.501 e. The van der Waals surface area contributed by atoms with Gasteiger partial charge in [0.05, 0.1) is 10.9 Å². The number of nitrogens with one attached hydrogen (secondary N) is 2. The van der Waals surface area contributed by atoms with E-state index in [-0.39, 0.29) is 29.0 Å². The number of primary amides is 1. The van der Waals surface area contributed by atoms with Gasteiger partial charge in [-0.3, -0.25) is 9.48 Å². The van der Waals surface area contributed by atoms with E-state index >= 15 is 0 Å². The van der Waals surface area contributed by atoms with Gasteiger partial charge in [0.15, 0.2) is 5.82 Å². The molecule has 1 heterocycles.